The molecule has 0 heterocycles. The van der Waals surface area contributed by atoms with Crippen molar-refractivity contribution in [1.82, 2.24) is 4.72 Å². The molecule has 0 aliphatic carbocycles. The molecule has 0 amide bonds. The number of hydrogen-bond donors (Lipinski definition) is 2. The summed E-state index contributed by atoms with van der Waals surface area (Å²) >= 11 is 4.62. The summed E-state index contributed by atoms with van der Waals surface area (Å²) in [4.78, 5) is 11.1. The van der Waals surface area contributed by atoms with Gasteiger partial charge in [-0.3, -0.25) is 4.55 Å². The minimum atomic E-state index is -4.56. The maximum absolute atomic E-state index is 11.1. The number of nitrogens with one attached hydrogen (secondary N) is 1. The monoisotopic (exact) mass is 257 g/mol. The van der Waals surface area contributed by atoms with Crippen LogP contribution in [0, 0.1) is 0 Å². The van der Waals surface area contributed by atoms with Gasteiger partial charge in [-0.05, 0) is 19.1 Å². The van der Waals surface area contributed by atoms with E-state index in [0.29, 0.717) is 0 Å². The van der Waals surface area contributed by atoms with Gasteiger partial charge in [0.25, 0.3) is 0 Å². The van der Waals surface area contributed by atoms with Crippen molar-refractivity contribution in [1.29, 1.82) is 0 Å². The van der Waals surface area contributed by atoms with Gasteiger partial charge in [0.1, 0.15) is 0 Å². The molecule has 0 rings (SSSR count). The number of methoxy groups -OCH3 is 1. The van der Waals surface area contributed by atoms with Crippen LogP contribution in [-0.2, 0) is 24.6 Å². The molecule has 0 saturated heterocycles. The molecule has 1 atom stereocenters. The third-order valence-electron chi connectivity index (χ3n) is 1.23. The third kappa shape index (κ3) is 5.62. The Kier molecular flexibility index (Phi) is 5.65. The van der Waals surface area contributed by atoms with Crippen LogP contribution in [0.1, 0.15) is 6.92 Å². The van der Waals surface area contributed by atoms with Crippen molar-refractivity contribution < 1.29 is 27.2 Å². The summed E-state index contributed by atoms with van der Waals surface area (Å²) in [5, 5.41) is -0.318. The molecule has 0 aliphatic rings. The molecule has 15 heavy (non-hydrogen) atoms. The van der Waals surface area contributed by atoms with Gasteiger partial charge >= 0.3 is 16.3 Å². The standard InChI is InChI=1S/C6H11NO6S2/c1-3-13-6(14)4(5(8)12-2)7-15(9,10)11/h4,7H,3H2,1-2H3,(H,9,10,11). The van der Waals surface area contributed by atoms with E-state index in [1.165, 1.54) is 0 Å². The van der Waals surface area contributed by atoms with Crippen molar-refractivity contribution in [3.63, 3.8) is 0 Å². The van der Waals surface area contributed by atoms with Crippen LogP contribution in [-0.4, -0.2) is 43.7 Å². The van der Waals surface area contributed by atoms with E-state index >= 15 is 0 Å². The molecule has 9 heteroatoms. The molecule has 0 aromatic heterocycles. The molecule has 0 aromatic carbocycles. The summed E-state index contributed by atoms with van der Waals surface area (Å²) in [5.74, 6) is -0.967. The molecule has 88 valence electrons. The lowest BCUT2D eigenvalue weighted by Crippen LogP contribution is -2.46. The van der Waals surface area contributed by atoms with Crippen LogP contribution in [0.2, 0.25) is 0 Å². The molecule has 0 bridgehead atoms. The summed E-state index contributed by atoms with van der Waals surface area (Å²) in [6, 6.07) is -1.53. The van der Waals surface area contributed by atoms with Gasteiger partial charge in [-0.15, -0.1) is 0 Å². The second-order valence-corrected chi connectivity index (χ2v) is 3.89. The fraction of sp³-hybridized carbons (Fsp3) is 0.667. The van der Waals surface area contributed by atoms with E-state index in [9.17, 15) is 13.2 Å². The van der Waals surface area contributed by atoms with E-state index in [0.717, 1.165) is 7.11 Å². The minimum Gasteiger partial charge on any atom is -0.485 e. The third-order valence-corrected chi connectivity index (χ3v) is 2.11. The van der Waals surface area contributed by atoms with Crippen molar-refractivity contribution in [3.05, 3.63) is 0 Å². The molecule has 0 aliphatic heterocycles. The van der Waals surface area contributed by atoms with E-state index < -0.39 is 22.3 Å². The summed E-state index contributed by atoms with van der Waals surface area (Å²) in [5.41, 5.74) is 0. The van der Waals surface area contributed by atoms with Gasteiger partial charge in [0.2, 0.25) is 0 Å². The lowest BCUT2D eigenvalue weighted by Gasteiger charge is -2.15. The van der Waals surface area contributed by atoms with Crippen LogP contribution >= 0.6 is 12.2 Å². The van der Waals surface area contributed by atoms with E-state index in [4.69, 9.17) is 9.29 Å². The molecular formula is C6H11NO6S2. The predicted octanol–water partition coefficient (Wildman–Crippen LogP) is -0.716. The topological polar surface area (TPSA) is 102 Å². The van der Waals surface area contributed by atoms with E-state index in [-0.39, 0.29) is 11.7 Å². The number of hydrogen-bond acceptors (Lipinski definition) is 6. The Morgan fingerprint density at radius 3 is 2.47 bits per heavy atom. The zero-order chi connectivity index (χ0) is 12.1. The van der Waals surface area contributed by atoms with Gasteiger partial charge in [0.05, 0.1) is 13.7 Å². The molecule has 0 radical (unpaired) electrons. The maximum Gasteiger partial charge on any atom is 0.334 e. The van der Waals surface area contributed by atoms with Gasteiger partial charge < -0.3 is 9.47 Å². The number of thiocarbonyl (C=S) groups is 1. The van der Waals surface area contributed by atoms with Gasteiger partial charge in [-0.25, -0.2) is 4.79 Å². The van der Waals surface area contributed by atoms with Crippen LogP contribution in [0.4, 0.5) is 0 Å². The van der Waals surface area contributed by atoms with Crippen LogP contribution in [0.25, 0.3) is 0 Å². The van der Waals surface area contributed by atoms with Crippen LogP contribution in [0.15, 0.2) is 0 Å². The fourth-order valence-electron chi connectivity index (χ4n) is 0.685. The zero-order valence-corrected chi connectivity index (χ0v) is 9.72. The highest BCUT2D eigenvalue weighted by atomic mass is 32.2. The first-order chi connectivity index (χ1) is 6.81. The fourth-order valence-corrected chi connectivity index (χ4v) is 1.53. The first-order valence-electron chi connectivity index (χ1n) is 3.81. The largest absolute Gasteiger partial charge is 0.485 e. The van der Waals surface area contributed by atoms with Gasteiger partial charge in [0.15, 0.2) is 11.1 Å². The lowest BCUT2D eigenvalue weighted by atomic mass is 10.3. The summed E-state index contributed by atoms with van der Waals surface area (Å²) in [6.45, 7) is 1.77. The molecule has 0 aromatic rings. The van der Waals surface area contributed by atoms with Crippen molar-refractivity contribution in [2.45, 2.75) is 13.0 Å². The Labute approximate surface area is 92.6 Å². The van der Waals surface area contributed by atoms with Gasteiger partial charge in [-0.2, -0.15) is 13.1 Å². The Bertz CT molecular complexity index is 338. The average molecular weight is 257 g/mol. The predicted molar refractivity (Wildman–Crippen MR) is 54.7 cm³/mol. The zero-order valence-electron chi connectivity index (χ0n) is 8.09. The SMILES string of the molecule is CCOC(=S)C(NS(=O)(=O)O)C(=O)OC. The Hall–Kier alpha value is -0.770. The Morgan fingerprint density at radius 1 is 1.60 bits per heavy atom. The molecule has 0 saturated carbocycles. The van der Waals surface area contributed by atoms with Crippen molar-refractivity contribution in [3.8, 4) is 0 Å². The number of carbonyl (C=O) groups excluding carboxylic acids is 1. The van der Waals surface area contributed by atoms with Crippen molar-refractivity contribution >= 4 is 33.5 Å². The van der Waals surface area contributed by atoms with E-state index in [2.05, 4.69) is 17.0 Å². The van der Waals surface area contributed by atoms with E-state index in [1.807, 2.05) is 0 Å². The first kappa shape index (κ1) is 14.2. The summed E-state index contributed by atoms with van der Waals surface area (Å²) in [6.07, 6.45) is 0. The van der Waals surface area contributed by atoms with Gasteiger partial charge in [0, 0.05) is 0 Å². The Balaban J connectivity index is 4.74. The van der Waals surface area contributed by atoms with E-state index in [1.54, 1.807) is 11.6 Å². The minimum absolute atomic E-state index is 0.166. The number of ether oxygens (including phenoxy) is 2. The highest BCUT2D eigenvalue weighted by molar-refractivity contribution is 7.84. The smallest absolute Gasteiger partial charge is 0.334 e. The lowest BCUT2D eigenvalue weighted by molar-refractivity contribution is -0.141. The molecule has 2 N–H and O–H groups in total. The van der Waals surface area contributed by atoms with Crippen LogP contribution in [0.5, 0.6) is 0 Å². The summed E-state index contributed by atoms with van der Waals surface area (Å²) in [7, 11) is -3.51. The highest BCUT2D eigenvalue weighted by Crippen LogP contribution is 1.97. The molecule has 1 unspecified atom stereocenters. The second-order valence-electron chi connectivity index (χ2n) is 2.30. The Morgan fingerprint density at radius 2 is 2.13 bits per heavy atom. The van der Waals surface area contributed by atoms with Crippen molar-refractivity contribution in [2.75, 3.05) is 13.7 Å². The number of rotatable bonds is 5. The normalized spacial score (nSPS) is 13.0. The molecule has 0 fully saturated rings. The molecule has 0 spiro atoms. The van der Waals surface area contributed by atoms with Crippen LogP contribution < -0.4 is 4.72 Å². The maximum atomic E-state index is 11.1. The second kappa shape index (κ2) is 5.95. The highest BCUT2D eigenvalue weighted by Gasteiger charge is 2.29. The first-order valence-corrected chi connectivity index (χ1v) is 5.65. The molecular weight excluding hydrogens is 246 g/mol. The summed E-state index contributed by atoms with van der Waals surface area (Å²) < 4.78 is 40.1. The number of carbonyl (C=O) groups is 1. The number of esters is 1. The van der Waals surface area contributed by atoms with Crippen molar-refractivity contribution in [2.24, 2.45) is 0 Å². The van der Waals surface area contributed by atoms with Gasteiger partial charge in [-0.1, -0.05) is 0 Å². The average Bonchev–Trinajstić information content (AvgIpc) is 2.12. The van der Waals surface area contributed by atoms with Crippen LogP contribution in [0.3, 0.4) is 0 Å². The molecule has 7 nitrogen and oxygen atoms in total. The quantitative estimate of drug-likeness (QED) is 0.381.